The fourth-order valence-corrected chi connectivity index (χ4v) is 1.60. The van der Waals surface area contributed by atoms with Crippen molar-refractivity contribution in [3.8, 4) is 6.07 Å². The van der Waals surface area contributed by atoms with Crippen LogP contribution in [-0.2, 0) is 16.1 Å². The normalized spacial score (nSPS) is 12.8. The molecule has 0 saturated carbocycles. The summed E-state index contributed by atoms with van der Waals surface area (Å²) in [4.78, 5) is 11.7. The Bertz CT molecular complexity index is 452. The zero-order valence-corrected chi connectivity index (χ0v) is 11.1. The van der Waals surface area contributed by atoms with Gasteiger partial charge in [0.2, 0.25) is 5.76 Å². The first-order chi connectivity index (χ1) is 8.38. The number of nitriles is 1. The van der Waals surface area contributed by atoms with E-state index in [9.17, 15) is 4.79 Å². The molecule has 0 saturated heterocycles. The van der Waals surface area contributed by atoms with Crippen LogP contribution in [0.3, 0.4) is 0 Å². The number of nitrogens with zero attached hydrogens (tertiary/aromatic N) is 1. The second-order valence-corrected chi connectivity index (χ2v) is 5.08. The molecule has 0 aliphatic heterocycles. The van der Waals surface area contributed by atoms with Crippen molar-refractivity contribution < 1.29 is 13.9 Å². The molecule has 1 aromatic heterocycles. The van der Waals surface area contributed by atoms with Gasteiger partial charge in [-0.15, -0.1) is 0 Å². The summed E-state index contributed by atoms with van der Waals surface area (Å²) >= 11 is 0. The first kappa shape index (κ1) is 14.3. The predicted molar refractivity (Wildman–Crippen MR) is 65.5 cm³/mol. The molecule has 1 atom stereocenters. The molecule has 0 bridgehead atoms. The third-order valence-corrected chi connectivity index (χ3v) is 2.56. The summed E-state index contributed by atoms with van der Waals surface area (Å²) in [7, 11) is 1.36. The topological polar surface area (TPSA) is 75.3 Å². The van der Waals surface area contributed by atoms with Crippen molar-refractivity contribution in [2.75, 3.05) is 7.11 Å². The number of carbonyl (C=O) groups excluding carboxylic acids is 1. The number of hydrogen-bond donors (Lipinski definition) is 1. The minimum absolute atomic E-state index is 0.261. The summed E-state index contributed by atoms with van der Waals surface area (Å²) in [5.41, 5.74) is -0.266. The average Bonchev–Trinajstić information content (AvgIpc) is 2.75. The minimum atomic E-state index is -0.432. The van der Waals surface area contributed by atoms with Crippen LogP contribution in [0.15, 0.2) is 16.5 Å². The zero-order chi connectivity index (χ0) is 13.8. The Morgan fingerprint density at radius 3 is 2.67 bits per heavy atom. The number of rotatable bonds is 4. The maximum Gasteiger partial charge on any atom is 0.323 e. The van der Waals surface area contributed by atoms with E-state index in [0.717, 1.165) is 0 Å². The molecule has 0 aromatic carbocycles. The summed E-state index contributed by atoms with van der Waals surface area (Å²) in [6.07, 6.45) is 0. The van der Waals surface area contributed by atoms with Crippen molar-refractivity contribution in [1.29, 1.82) is 5.26 Å². The third kappa shape index (κ3) is 3.60. The van der Waals surface area contributed by atoms with Crippen LogP contribution in [0.2, 0.25) is 0 Å². The number of methoxy groups -OCH3 is 1. The molecule has 0 radical (unpaired) electrons. The molecule has 5 nitrogen and oxygen atoms in total. The number of furan rings is 1. The Kier molecular flexibility index (Phi) is 4.51. The molecular weight excluding hydrogens is 232 g/mol. The molecule has 0 fully saturated rings. The van der Waals surface area contributed by atoms with Crippen LogP contribution in [0.4, 0.5) is 0 Å². The highest BCUT2D eigenvalue weighted by Gasteiger charge is 2.31. The van der Waals surface area contributed by atoms with Crippen LogP contribution in [-0.4, -0.2) is 19.1 Å². The largest absolute Gasteiger partial charge is 0.468 e. The molecule has 1 N–H and O–H groups in total. The van der Waals surface area contributed by atoms with Gasteiger partial charge in [-0.3, -0.25) is 10.1 Å². The van der Waals surface area contributed by atoms with Gasteiger partial charge in [-0.05, 0) is 17.5 Å². The average molecular weight is 250 g/mol. The standard InChI is InChI=1S/C13H18N2O3/c1-13(2,3)11(12(16)17-4)15-8-10-6-5-9(7-14)18-10/h5-6,11,15H,8H2,1-4H3/t11-/m1/s1. The second-order valence-electron chi connectivity index (χ2n) is 5.08. The smallest absolute Gasteiger partial charge is 0.323 e. The lowest BCUT2D eigenvalue weighted by molar-refractivity contribution is -0.146. The number of ether oxygens (including phenoxy) is 1. The second kappa shape index (κ2) is 5.69. The van der Waals surface area contributed by atoms with Crippen molar-refractivity contribution in [1.82, 2.24) is 5.32 Å². The third-order valence-electron chi connectivity index (χ3n) is 2.56. The van der Waals surface area contributed by atoms with Gasteiger partial charge in [0.25, 0.3) is 0 Å². The molecular formula is C13H18N2O3. The van der Waals surface area contributed by atoms with Crippen LogP contribution in [0.25, 0.3) is 0 Å². The van der Waals surface area contributed by atoms with Crippen LogP contribution in [0.1, 0.15) is 32.3 Å². The quantitative estimate of drug-likeness (QED) is 0.825. The summed E-state index contributed by atoms with van der Waals surface area (Å²) in [6, 6.07) is 4.79. The number of esters is 1. The lowest BCUT2D eigenvalue weighted by atomic mass is 9.86. The van der Waals surface area contributed by atoms with Crippen molar-refractivity contribution in [2.45, 2.75) is 33.4 Å². The van der Waals surface area contributed by atoms with Gasteiger partial charge in [0.1, 0.15) is 17.9 Å². The molecule has 5 heteroatoms. The van der Waals surface area contributed by atoms with Gasteiger partial charge >= 0.3 is 5.97 Å². The molecule has 98 valence electrons. The highest BCUT2D eigenvalue weighted by molar-refractivity contribution is 5.76. The lowest BCUT2D eigenvalue weighted by Crippen LogP contribution is -2.46. The molecule has 0 aliphatic carbocycles. The maximum atomic E-state index is 11.7. The number of hydrogen-bond acceptors (Lipinski definition) is 5. The van der Waals surface area contributed by atoms with Gasteiger partial charge < -0.3 is 9.15 Å². The van der Waals surface area contributed by atoms with Crippen LogP contribution in [0, 0.1) is 16.7 Å². The Balaban J connectivity index is 2.68. The van der Waals surface area contributed by atoms with Crippen LogP contribution >= 0.6 is 0 Å². The van der Waals surface area contributed by atoms with E-state index in [2.05, 4.69) is 5.32 Å². The first-order valence-electron chi connectivity index (χ1n) is 5.68. The zero-order valence-electron chi connectivity index (χ0n) is 11.1. The molecule has 0 unspecified atom stereocenters. The molecule has 1 heterocycles. The highest BCUT2D eigenvalue weighted by Crippen LogP contribution is 2.21. The molecule has 0 spiro atoms. The van der Waals surface area contributed by atoms with E-state index in [1.807, 2.05) is 26.8 Å². The summed E-state index contributed by atoms with van der Waals surface area (Å²) in [5.74, 6) is 0.566. The van der Waals surface area contributed by atoms with Crippen molar-refractivity contribution >= 4 is 5.97 Å². The predicted octanol–water partition coefficient (Wildman–Crippen LogP) is 1.83. The van der Waals surface area contributed by atoms with Crippen LogP contribution in [0.5, 0.6) is 0 Å². The van der Waals surface area contributed by atoms with Gasteiger partial charge in [0, 0.05) is 0 Å². The monoisotopic (exact) mass is 250 g/mol. The van der Waals surface area contributed by atoms with E-state index in [-0.39, 0.29) is 17.1 Å². The summed E-state index contributed by atoms with van der Waals surface area (Å²) in [6.45, 7) is 6.22. The highest BCUT2D eigenvalue weighted by atomic mass is 16.5. The minimum Gasteiger partial charge on any atom is -0.468 e. The van der Waals surface area contributed by atoms with Gasteiger partial charge in [0.15, 0.2) is 0 Å². The van der Waals surface area contributed by atoms with Gasteiger partial charge in [-0.2, -0.15) is 5.26 Å². The van der Waals surface area contributed by atoms with Gasteiger partial charge in [-0.25, -0.2) is 0 Å². The van der Waals surface area contributed by atoms with Gasteiger partial charge in [-0.1, -0.05) is 20.8 Å². The van der Waals surface area contributed by atoms with E-state index in [4.69, 9.17) is 14.4 Å². The number of nitrogens with one attached hydrogen (secondary N) is 1. The summed E-state index contributed by atoms with van der Waals surface area (Å²) < 4.78 is 10.0. The van der Waals surface area contributed by atoms with E-state index in [1.54, 1.807) is 12.1 Å². The fourth-order valence-electron chi connectivity index (χ4n) is 1.60. The van der Waals surface area contributed by atoms with E-state index >= 15 is 0 Å². The Hall–Kier alpha value is -1.80. The molecule has 18 heavy (non-hydrogen) atoms. The molecule has 1 rings (SSSR count). The first-order valence-corrected chi connectivity index (χ1v) is 5.68. The molecule has 0 aliphatic rings. The fraction of sp³-hybridized carbons (Fsp3) is 0.538. The maximum absolute atomic E-state index is 11.7. The van der Waals surface area contributed by atoms with Crippen LogP contribution < -0.4 is 5.32 Å². The molecule has 1 aromatic rings. The van der Waals surface area contributed by atoms with Crippen molar-refractivity contribution in [3.05, 3.63) is 23.7 Å². The Labute approximate surface area is 107 Å². The van der Waals surface area contributed by atoms with Crippen molar-refractivity contribution in [3.63, 3.8) is 0 Å². The van der Waals surface area contributed by atoms with Crippen molar-refractivity contribution in [2.24, 2.45) is 5.41 Å². The van der Waals surface area contributed by atoms with E-state index in [0.29, 0.717) is 12.3 Å². The lowest BCUT2D eigenvalue weighted by Gasteiger charge is -2.28. The Morgan fingerprint density at radius 1 is 1.56 bits per heavy atom. The van der Waals surface area contributed by atoms with E-state index < -0.39 is 6.04 Å². The Morgan fingerprint density at radius 2 is 2.22 bits per heavy atom. The molecule has 0 amide bonds. The number of carbonyl (C=O) groups is 1. The summed E-state index contributed by atoms with van der Waals surface area (Å²) in [5, 5.41) is 11.7. The van der Waals surface area contributed by atoms with Gasteiger partial charge in [0.05, 0.1) is 13.7 Å². The van der Waals surface area contributed by atoms with E-state index in [1.165, 1.54) is 7.11 Å². The SMILES string of the molecule is COC(=O)[C@@H](NCc1ccc(C#N)o1)C(C)(C)C.